The number of hydrogen-bond acceptors (Lipinski definition) is 3. The van der Waals surface area contributed by atoms with Crippen LogP contribution >= 0.6 is 0 Å². The minimum absolute atomic E-state index is 0.315. The van der Waals surface area contributed by atoms with Crippen LogP contribution in [0.3, 0.4) is 0 Å². The predicted octanol–water partition coefficient (Wildman–Crippen LogP) is 2.21. The van der Waals surface area contributed by atoms with Crippen molar-refractivity contribution in [1.82, 2.24) is 0 Å². The second kappa shape index (κ2) is 6.13. The molecule has 94 valence electrons. The van der Waals surface area contributed by atoms with Crippen LogP contribution in [0.2, 0.25) is 0 Å². The zero-order valence-corrected chi connectivity index (χ0v) is 10.4. The molecule has 0 spiro atoms. The third kappa shape index (κ3) is 3.98. The first-order valence-electron chi connectivity index (χ1n) is 5.88. The maximum absolute atomic E-state index is 10.8. The molecule has 0 amide bonds. The minimum atomic E-state index is -0.742. The van der Waals surface area contributed by atoms with E-state index in [2.05, 4.69) is 11.8 Å². The number of anilines is 2. The standard InChI is InChI=1S/C13H20N2O2/c1-3-15(8-7-10(2)13(16)17)12-6-4-5-11(14)9-12/h4-6,9-10H,3,7-8,14H2,1-2H3,(H,16,17). The molecule has 0 radical (unpaired) electrons. The first-order valence-corrected chi connectivity index (χ1v) is 5.88. The summed E-state index contributed by atoms with van der Waals surface area (Å²) in [5.74, 6) is -1.06. The number of nitrogen functional groups attached to an aromatic ring is 1. The second-order valence-electron chi connectivity index (χ2n) is 4.20. The van der Waals surface area contributed by atoms with Gasteiger partial charge in [0.25, 0.3) is 0 Å². The Bertz CT molecular complexity index is 379. The lowest BCUT2D eigenvalue weighted by atomic mass is 10.1. The van der Waals surface area contributed by atoms with Gasteiger partial charge in [0.1, 0.15) is 0 Å². The van der Waals surface area contributed by atoms with Crippen molar-refractivity contribution in [2.45, 2.75) is 20.3 Å². The van der Waals surface area contributed by atoms with E-state index in [0.29, 0.717) is 6.42 Å². The number of nitrogens with two attached hydrogens (primary N) is 1. The summed E-state index contributed by atoms with van der Waals surface area (Å²) in [6.07, 6.45) is 0.637. The van der Waals surface area contributed by atoms with Crippen molar-refractivity contribution in [3.8, 4) is 0 Å². The summed E-state index contributed by atoms with van der Waals surface area (Å²) in [5, 5.41) is 8.84. The summed E-state index contributed by atoms with van der Waals surface area (Å²) < 4.78 is 0. The molecule has 17 heavy (non-hydrogen) atoms. The highest BCUT2D eigenvalue weighted by Crippen LogP contribution is 2.18. The Morgan fingerprint density at radius 3 is 2.76 bits per heavy atom. The van der Waals surface area contributed by atoms with E-state index in [1.54, 1.807) is 6.92 Å². The Kier molecular flexibility index (Phi) is 4.82. The number of benzene rings is 1. The van der Waals surface area contributed by atoms with E-state index in [1.807, 2.05) is 24.3 Å². The molecule has 1 unspecified atom stereocenters. The zero-order valence-electron chi connectivity index (χ0n) is 10.4. The van der Waals surface area contributed by atoms with Crippen LogP contribution in [-0.2, 0) is 4.79 Å². The van der Waals surface area contributed by atoms with Gasteiger partial charge in [-0.15, -0.1) is 0 Å². The lowest BCUT2D eigenvalue weighted by molar-refractivity contribution is -0.141. The highest BCUT2D eigenvalue weighted by molar-refractivity contribution is 5.69. The van der Waals surface area contributed by atoms with Gasteiger partial charge in [0.15, 0.2) is 0 Å². The van der Waals surface area contributed by atoms with Crippen LogP contribution in [0.4, 0.5) is 11.4 Å². The molecular formula is C13H20N2O2. The summed E-state index contributed by atoms with van der Waals surface area (Å²) in [4.78, 5) is 12.9. The Morgan fingerprint density at radius 1 is 1.53 bits per heavy atom. The summed E-state index contributed by atoms with van der Waals surface area (Å²) >= 11 is 0. The molecule has 0 bridgehead atoms. The fraction of sp³-hybridized carbons (Fsp3) is 0.462. The van der Waals surface area contributed by atoms with Crippen LogP contribution in [0.15, 0.2) is 24.3 Å². The van der Waals surface area contributed by atoms with E-state index in [9.17, 15) is 4.79 Å². The zero-order chi connectivity index (χ0) is 12.8. The van der Waals surface area contributed by atoms with Gasteiger partial charge >= 0.3 is 5.97 Å². The lowest BCUT2D eigenvalue weighted by Gasteiger charge is -2.24. The molecule has 1 rings (SSSR count). The van der Waals surface area contributed by atoms with Crippen LogP contribution in [0.25, 0.3) is 0 Å². The highest BCUT2D eigenvalue weighted by Gasteiger charge is 2.13. The number of nitrogens with zero attached hydrogens (tertiary/aromatic N) is 1. The molecule has 3 N–H and O–H groups in total. The fourth-order valence-electron chi connectivity index (χ4n) is 1.66. The topological polar surface area (TPSA) is 66.6 Å². The Hall–Kier alpha value is -1.71. The average molecular weight is 236 g/mol. The molecule has 4 heteroatoms. The smallest absolute Gasteiger partial charge is 0.306 e. The molecule has 4 nitrogen and oxygen atoms in total. The van der Waals surface area contributed by atoms with Gasteiger partial charge in [-0.05, 0) is 31.5 Å². The molecule has 0 aliphatic carbocycles. The minimum Gasteiger partial charge on any atom is -0.481 e. The highest BCUT2D eigenvalue weighted by atomic mass is 16.4. The number of carboxylic acids is 1. The first kappa shape index (κ1) is 13.4. The van der Waals surface area contributed by atoms with Crippen LogP contribution in [0.1, 0.15) is 20.3 Å². The molecular weight excluding hydrogens is 216 g/mol. The van der Waals surface area contributed by atoms with Gasteiger partial charge in [-0.2, -0.15) is 0 Å². The average Bonchev–Trinajstić information content (AvgIpc) is 2.29. The van der Waals surface area contributed by atoms with Crippen molar-refractivity contribution >= 4 is 17.3 Å². The number of rotatable bonds is 6. The van der Waals surface area contributed by atoms with E-state index in [0.717, 1.165) is 24.5 Å². The quantitative estimate of drug-likeness (QED) is 0.743. The van der Waals surface area contributed by atoms with E-state index in [1.165, 1.54) is 0 Å². The number of aliphatic carboxylic acids is 1. The molecule has 1 aromatic carbocycles. The molecule has 0 aromatic heterocycles. The van der Waals surface area contributed by atoms with Crippen LogP contribution < -0.4 is 10.6 Å². The summed E-state index contributed by atoms with van der Waals surface area (Å²) in [6, 6.07) is 7.66. The van der Waals surface area contributed by atoms with Gasteiger partial charge in [-0.25, -0.2) is 0 Å². The normalized spacial score (nSPS) is 12.1. The maximum atomic E-state index is 10.8. The van der Waals surface area contributed by atoms with Crippen LogP contribution in [0.5, 0.6) is 0 Å². The van der Waals surface area contributed by atoms with Crippen LogP contribution in [0, 0.1) is 5.92 Å². The molecule has 0 saturated heterocycles. The third-order valence-electron chi connectivity index (χ3n) is 2.87. The fourth-order valence-corrected chi connectivity index (χ4v) is 1.66. The summed E-state index contributed by atoms with van der Waals surface area (Å²) in [7, 11) is 0. The Labute approximate surface area is 102 Å². The number of carboxylic acid groups (broad SMARTS) is 1. The van der Waals surface area contributed by atoms with Crippen molar-refractivity contribution in [3.05, 3.63) is 24.3 Å². The van der Waals surface area contributed by atoms with E-state index >= 15 is 0 Å². The SMILES string of the molecule is CCN(CCC(C)C(=O)O)c1cccc(N)c1. The third-order valence-corrected chi connectivity index (χ3v) is 2.87. The lowest BCUT2D eigenvalue weighted by Crippen LogP contribution is -2.26. The molecule has 0 saturated carbocycles. The monoisotopic (exact) mass is 236 g/mol. The van der Waals surface area contributed by atoms with Gasteiger partial charge < -0.3 is 15.7 Å². The largest absolute Gasteiger partial charge is 0.481 e. The molecule has 1 aromatic rings. The van der Waals surface area contributed by atoms with Gasteiger partial charge in [0.2, 0.25) is 0 Å². The Balaban J connectivity index is 2.63. The Morgan fingerprint density at radius 2 is 2.24 bits per heavy atom. The molecule has 0 aliphatic heterocycles. The molecule has 0 heterocycles. The van der Waals surface area contributed by atoms with Gasteiger partial charge in [-0.3, -0.25) is 4.79 Å². The number of hydrogen-bond donors (Lipinski definition) is 2. The summed E-state index contributed by atoms with van der Waals surface area (Å²) in [6.45, 7) is 5.35. The number of carbonyl (C=O) groups is 1. The molecule has 0 fully saturated rings. The van der Waals surface area contributed by atoms with Crippen molar-refractivity contribution in [3.63, 3.8) is 0 Å². The predicted molar refractivity (Wildman–Crippen MR) is 70.2 cm³/mol. The van der Waals surface area contributed by atoms with Gasteiger partial charge in [-0.1, -0.05) is 13.0 Å². The van der Waals surface area contributed by atoms with Crippen molar-refractivity contribution in [1.29, 1.82) is 0 Å². The van der Waals surface area contributed by atoms with E-state index < -0.39 is 5.97 Å². The van der Waals surface area contributed by atoms with E-state index in [-0.39, 0.29) is 5.92 Å². The van der Waals surface area contributed by atoms with E-state index in [4.69, 9.17) is 10.8 Å². The van der Waals surface area contributed by atoms with Crippen molar-refractivity contribution < 1.29 is 9.90 Å². The van der Waals surface area contributed by atoms with Gasteiger partial charge in [0.05, 0.1) is 5.92 Å². The first-order chi connectivity index (χ1) is 8.04. The second-order valence-corrected chi connectivity index (χ2v) is 4.20. The van der Waals surface area contributed by atoms with Gasteiger partial charge in [0, 0.05) is 24.5 Å². The molecule has 0 aliphatic rings. The van der Waals surface area contributed by atoms with Crippen molar-refractivity contribution in [2.24, 2.45) is 5.92 Å². The maximum Gasteiger partial charge on any atom is 0.306 e. The van der Waals surface area contributed by atoms with Crippen molar-refractivity contribution in [2.75, 3.05) is 23.7 Å². The summed E-state index contributed by atoms with van der Waals surface area (Å²) in [5.41, 5.74) is 7.51. The molecule has 1 atom stereocenters. The van der Waals surface area contributed by atoms with Crippen LogP contribution in [-0.4, -0.2) is 24.2 Å².